The Morgan fingerprint density at radius 1 is 1.03 bits per heavy atom. The number of nitrogens with one attached hydrogen (secondary N) is 2. The molecule has 5 rings (SSSR count). The summed E-state index contributed by atoms with van der Waals surface area (Å²) in [5, 5.41) is 7.51. The van der Waals surface area contributed by atoms with Crippen LogP contribution in [0, 0.1) is 6.92 Å². The SMILES string of the molecule is Cc1cccc(-n2nc(CC(=O)Nc3cccc(NS(C)(=O)=O)c3)cc2-c2ccc3ncsc3c2)n1. The van der Waals surface area contributed by atoms with Gasteiger partial charge in [0.15, 0.2) is 5.82 Å². The molecule has 3 aromatic heterocycles. The minimum atomic E-state index is -3.42. The number of carbonyl (C=O) groups is 1. The van der Waals surface area contributed by atoms with E-state index >= 15 is 0 Å². The Kier molecular flexibility index (Phi) is 6.25. The molecular formula is C25H22N6O3S2. The van der Waals surface area contributed by atoms with Gasteiger partial charge in [-0.25, -0.2) is 23.1 Å². The van der Waals surface area contributed by atoms with Gasteiger partial charge in [-0.3, -0.25) is 9.52 Å². The maximum Gasteiger partial charge on any atom is 0.230 e. The van der Waals surface area contributed by atoms with Crippen LogP contribution in [0.2, 0.25) is 0 Å². The van der Waals surface area contributed by atoms with Gasteiger partial charge in [-0.1, -0.05) is 18.2 Å². The number of hydrogen-bond donors (Lipinski definition) is 2. The van der Waals surface area contributed by atoms with Gasteiger partial charge < -0.3 is 5.32 Å². The van der Waals surface area contributed by atoms with Crippen LogP contribution in [-0.4, -0.2) is 40.3 Å². The Morgan fingerprint density at radius 3 is 2.64 bits per heavy atom. The molecule has 0 atom stereocenters. The Labute approximate surface area is 211 Å². The molecule has 0 aliphatic rings. The van der Waals surface area contributed by atoms with Crippen molar-refractivity contribution in [2.24, 2.45) is 0 Å². The van der Waals surface area contributed by atoms with E-state index in [1.807, 2.05) is 48.8 Å². The van der Waals surface area contributed by atoms with Crippen LogP contribution >= 0.6 is 11.3 Å². The molecule has 0 bridgehead atoms. The number of pyridine rings is 1. The third-order valence-corrected chi connectivity index (χ3v) is 6.67. The van der Waals surface area contributed by atoms with Crippen LogP contribution in [-0.2, 0) is 21.2 Å². The molecule has 1 amide bonds. The Hall–Kier alpha value is -4.09. The van der Waals surface area contributed by atoms with E-state index in [2.05, 4.69) is 26.1 Å². The molecule has 3 heterocycles. The summed E-state index contributed by atoms with van der Waals surface area (Å²) in [6, 6.07) is 20.1. The number of carbonyl (C=O) groups excluding carboxylic acids is 1. The first-order chi connectivity index (χ1) is 17.2. The fourth-order valence-electron chi connectivity index (χ4n) is 3.80. The average molecular weight is 519 g/mol. The molecule has 0 fully saturated rings. The minimum Gasteiger partial charge on any atom is -0.326 e. The third-order valence-electron chi connectivity index (χ3n) is 5.27. The molecule has 36 heavy (non-hydrogen) atoms. The number of hydrogen-bond acceptors (Lipinski definition) is 7. The maximum atomic E-state index is 12.8. The predicted octanol–water partition coefficient (Wildman–Crippen LogP) is 4.41. The van der Waals surface area contributed by atoms with Crippen molar-refractivity contribution >= 4 is 48.9 Å². The normalized spacial score (nSPS) is 11.5. The van der Waals surface area contributed by atoms with E-state index in [0.717, 1.165) is 33.4 Å². The highest BCUT2D eigenvalue weighted by Gasteiger charge is 2.16. The van der Waals surface area contributed by atoms with Crippen LogP contribution in [0.1, 0.15) is 11.4 Å². The zero-order valence-corrected chi connectivity index (χ0v) is 21.1. The zero-order valence-electron chi connectivity index (χ0n) is 19.5. The highest BCUT2D eigenvalue weighted by atomic mass is 32.2. The van der Waals surface area contributed by atoms with Crippen molar-refractivity contribution in [3.05, 3.63) is 83.6 Å². The van der Waals surface area contributed by atoms with Crippen LogP contribution in [0.3, 0.4) is 0 Å². The number of amides is 1. The number of sulfonamides is 1. The second-order valence-corrected chi connectivity index (χ2v) is 10.9. The number of thiazole rings is 1. The van der Waals surface area contributed by atoms with E-state index in [9.17, 15) is 13.2 Å². The Bertz CT molecular complexity index is 1690. The lowest BCUT2D eigenvalue weighted by Gasteiger charge is -2.08. The van der Waals surface area contributed by atoms with E-state index in [-0.39, 0.29) is 12.3 Å². The molecule has 0 radical (unpaired) electrons. The van der Waals surface area contributed by atoms with Crippen LogP contribution in [0.25, 0.3) is 27.3 Å². The summed E-state index contributed by atoms with van der Waals surface area (Å²) in [6.45, 7) is 1.91. The smallest absolute Gasteiger partial charge is 0.230 e. The van der Waals surface area contributed by atoms with Gasteiger partial charge in [0.05, 0.1) is 45.5 Å². The third kappa shape index (κ3) is 5.42. The first-order valence-corrected chi connectivity index (χ1v) is 13.7. The van der Waals surface area contributed by atoms with Crippen molar-refractivity contribution in [3.8, 4) is 17.1 Å². The summed E-state index contributed by atoms with van der Waals surface area (Å²) in [6.07, 6.45) is 1.10. The van der Waals surface area contributed by atoms with Crippen LogP contribution in [0.15, 0.2) is 72.2 Å². The van der Waals surface area contributed by atoms with E-state index in [1.165, 1.54) is 0 Å². The summed E-state index contributed by atoms with van der Waals surface area (Å²) in [7, 11) is -3.42. The van der Waals surface area contributed by atoms with E-state index in [0.29, 0.717) is 22.9 Å². The van der Waals surface area contributed by atoms with Crippen molar-refractivity contribution in [3.63, 3.8) is 0 Å². The van der Waals surface area contributed by atoms with Gasteiger partial charge in [-0.2, -0.15) is 5.10 Å². The van der Waals surface area contributed by atoms with Gasteiger partial charge >= 0.3 is 0 Å². The summed E-state index contributed by atoms with van der Waals surface area (Å²) >= 11 is 1.56. The van der Waals surface area contributed by atoms with E-state index in [1.54, 1.807) is 40.3 Å². The summed E-state index contributed by atoms with van der Waals surface area (Å²) < 4.78 is 28.2. The predicted molar refractivity (Wildman–Crippen MR) is 142 cm³/mol. The molecule has 2 aromatic carbocycles. The molecule has 2 N–H and O–H groups in total. The molecule has 0 saturated heterocycles. The van der Waals surface area contributed by atoms with Gasteiger partial charge in [0.25, 0.3) is 0 Å². The second-order valence-electron chi connectivity index (χ2n) is 8.28. The number of nitrogens with zero attached hydrogens (tertiary/aromatic N) is 4. The van der Waals surface area contributed by atoms with Gasteiger partial charge in [-0.05, 0) is 55.5 Å². The number of rotatable bonds is 7. The average Bonchev–Trinajstić information content (AvgIpc) is 3.44. The Morgan fingerprint density at radius 2 is 1.83 bits per heavy atom. The molecule has 0 aliphatic carbocycles. The van der Waals surface area contributed by atoms with Gasteiger partial charge in [-0.15, -0.1) is 11.3 Å². The Balaban J connectivity index is 1.44. The standard InChI is InChI=1S/C25H22N6O3S2/c1-16-5-3-8-24(27-16)31-22(17-9-10-21-23(11-17)35-15-26-21)13-20(29-31)14-25(32)28-18-6-4-7-19(12-18)30-36(2,33)34/h3-13,15,30H,14H2,1-2H3,(H,28,32). The highest BCUT2D eigenvalue weighted by Crippen LogP contribution is 2.29. The number of anilines is 2. The van der Waals surface area contributed by atoms with Crippen molar-refractivity contribution < 1.29 is 13.2 Å². The van der Waals surface area contributed by atoms with Crippen molar-refractivity contribution in [2.45, 2.75) is 13.3 Å². The molecule has 9 nitrogen and oxygen atoms in total. The summed E-state index contributed by atoms with van der Waals surface area (Å²) in [5.74, 6) is 0.374. The second kappa shape index (κ2) is 9.51. The van der Waals surface area contributed by atoms with Gasteiger partial charge in [0.2, 0.25) is 15.9 Å². The van der Waals surface area contributed by atoms with Crippen LogP contribution < -0.4 is 10.0 Å². The summed E-state index contributed by atoms with van der Waals surface area (Å²) in [4.78, 5) is 21.8. The molecule has 0 spiro atoms. The molecule has 0 aliphatic heterocycles. The molecule has 182 valence electrons. The monoisotopic (exact) mass is 518 g/mol. The minimum absolute atomic E-state index is 0.0261. The maximum absolute atomic E-state index is 12.8. The zero-order chi connectivity index (χ0) is 25.3. The molecule has 0 saturated carbocycles. The van der Waals surface area contributed by atoms with E-state index in [4.69, 9.17) is 5.10 Å². The quantitative estimate of drug-likeness (QED) is 0.330. The topological polar surface area (TPSA) is 119 Å². The van der Waals surface area contributed by atoms with Crippen molar-refractivity contribution in [1.29, 1.82) is 0 Å². The largest absolute Gasteiger partial charge is 0.326 e. The first-order valence-electron chi connectivity index (χ1n) is 11.0. The number of fused-ring (bicyclic) bond motifs is 1. The van der Waals surface area contributed by atoms with Crippen LogP contribution in [0.4, 0.5) is 11.4 Å². The number of benzene rings is 2. The number of aryl methyl sites for hydroxylation is 1. The lowest BCUT2D eigenvalue weighted by molar-refractivity contribution is -0.115. The lowest BCUT2D eigenvalue weighted by atomic mass is 10.1. The van der Waals surface area contributed by atoms with Crippen LogP contribution in [0.5, 0.6) is 0 Å². The molecular weight excluding hydrogens is 496 g/mol. The van der Waals surface area contributed by atoms with E-state index < -0.39 is 10.0 Å². The van der Waals surface area contributed by atoms with Gasteiger partial charge in [0.1, 0.15) is 0 Å². The highest BCUT2D eigenvalue weighted by molar-refractivity contribution is 7.92. The summed E-state index contributed by atoms with van der Waals surface area (Å²) in [5.41, 5.74) is 6.75. The molecule has 5 aromatic rings. The number of aromatic nitrogens is 4. The van der Waals surface area contributed by atoms with Crippen molar-refractivity contribution in [1.82, 2.24) is 19.7 Å². The first kappa shape index (κ1) is 23.6. The van der Waals surface area contributed by atoms with Crippen molar-refractivity contribution in [2.75, 3.05) is 16.3 Å². The van der Waals surface area contributed by atoms with Gasteiger partial charge in [0, 0.05) is 16.9 Å². The fraction of sp³-hybridized carbons (Fsp3) is 0.120. The fourth-order valence-corrected chi connectivity index (χ4v) is 5.07. The molecule has 0 unspecified atom stereocenters. The lowest BCUT2D eigenvalue weighted by Crippen LogP contribution is -2.15. The molecule has 11 heteroatoms.